The van der Waals surface area contributed by atoms with E-state index in [1.165, 1.54) is 0 Å². The second kappa shape index (κ2) is 4.77. The van der Waals surface area contributed by atoms with E-state index in [0.717, 1.165) is 6.42 Å². The number of aromatic nitrogens is 3. The van der Waals surface area contributed by atoms with Crippen molar-refractivity contribution in [3.05, 3.63) is 0 Å². The summed E-state index contributed by atoms with van der Waals surface area (Å²) in [5.41, 5.74) is 5.55. The van der Waals surface area contributed by atoms with Crippen LogP contribution in [-0.4, -0.2) is 35.2 Å². The maximum absolute atomic E-state index is 5.55. The lowest BCUT2D eigenvalue weighted by Crippen LogP contribution is -2.18. The molecule has 0 amide bonds. The Morgan fingerprint density at radius 1 is 1.33 bits per heavy atom. The molecule has 1 heterocycles. The Morgan fingerprint density at radius 2 is 2.00 bits per heavy atom. The van der Waals surface area contributed by atoms with E-state index in [-0.39, 0.29) is 18.1 Å². The Bertz CT molecular complexity index is 328. The van der Waals surface area contributed by atoms with Crippen molar-refractivity contribution >= 4 is 11.9 Å². The predicted molar refractivity (Wildman–Crippen MR) is 58.9 cm³/mol. The molecule has 6 nitrogen and oxygen atoms in total. The van der Waals surface area contributed by atoms with Gasteiger partial charge >= 0.3 is 6.01 Å². The molecule has 0 aliphatic rings. The van der Waals surface area contributed by atoms with Gasteiger partial charge in [0.15, 0.2) is 0 Å². The number of nitrogens with zero attached hydrogens (tertiary/aromatic N) is 4. The van der Waals surface area contributed by atoms with Crippen molar-refractivity contribution < 1.29 is 4.74 Å². The predicted octanol–water partition coefficient (Wildman–Crippen LogP) is 0.697. The lowest BCUT2D eigenvalue weighted by molar-refractivity contribution is 0.199. The molecule has 1 aromatic heterocycles. The first-order valence-corrected chi connectivity index (χ1v) is 4.88. The van der Waals surface area contributed by atoms with Gasteiger partial charge in [-0.05, 0) is 13.3 Å². The summed E-state index contributed by atoms with van der Waals surface area (Å²) >= 11 is 0. The van der Waals surface area contributed by atoms with E-state index >= 15 is 0 Å². The number of nitrogens with two attached hydrogens (primary N) is 1. The van der Waals surface area contributed by atoms with Crippen LogP contribution >= 0.6 is 0 Å². The van der Waals surface area contributed by atoms with Gasteiger partial charge in [0, 0.05) is 14.1 Å². The van der Waals surface area contributed by atoms with Gasteiger partial charge in [-0.2, -0.15) is 15.0 Å². The molecule has 0 bridgehead atoms. The lowest BCUT2D eigenvalue weighted by atomic mass is 10.3. The topological polar surface area (TPSA) is 77.2 Å². The van der Waals surface area contributed by atoms with Crippen LogP contribution in [0.5, 0.6) is 6.01 Å². The maximum atomic E-state index is 5.55. The van der Waals surface area contributed by atoms with E-state index in [0.29, 0.717) is 5.95 Å². The van der Waals surface area contributed by atoms with Crippen molar-refractivity contribution in [1.29, 1.82) is 0 Å². The third-order valence-corrected chi connectivity index (χ3v) is 1.90. The van der Waals surface area contributed by atoms with E-state index in [9.17, 15) is 0 Å². The smallest absolute Gasteiger partial charge is 0.323 e. The van der Waals surface area contributed by atoms with Crippen LogP contribution in [0.15, 0.2) is 0 Å². The maximum Gasteiger partial charge on any atom is 0.323 e. The Hall–Kier alpha value is -1.59. The first kappa shape index (κ1) is 11.5. The molecule has 0 radical (unpaired) electrons. The fraction of sp³-hybridized carbons (Fsp3) is 0.667. The zero-order valence-corrected chi connectivity index (χ0v) is 9.56. The molecule has 1 rings (SSSR count). The number of rotatable bonds is 4. The molecule has 15 heavy (non-hydrogen) atoms. The van der Waals surface area contributed by atoms with E-state index in [2.05, 4.69) is 15.0 Å². The number of ether oxygens (including phenoxy) is 1. The summed E-state index contributed by atoms with van der Waals surface area (Å²) in [7, 11) is 3.67. The minimum atomic E-state index is 0.0711. The highest BCUT2D eigenvalue weighted by molar-refractivity contribution is 5.33. The van der Waals surface area contributed by atoms with E-state index in [4.69, 9.17) is 10.5 Å². The summed E-state index contributed by atoms with van der Waals surface area (Å²) in [4.78, 5) is 13.8. The van der Waals surface area contributed by atoms with Crippen LogP contribution in [-0.2, 0) is 0 Å². The van der Waals surface area contributed by atoms with Crippen LogP contribution in [0.4, 0.5) is 11.9 Å². The molecule has 0 fully saturated rings. The Labute approximate surface area is 89.5 Å². The minimum Gasteiger partial charge on any atom is -0.460 e. The van der Waals surface area contributed by atoms with Gasteiger partial charge in [-0.15, -0.1) is 0 Å². The second-order valence-corrected chi connectivity index (χ2v) is 3.51. The first-order chi connectivity index (χ1) is 7.02. The van der Waals surface area contributed by atoms with Crippen LogP contribution < -0.4 is 15.4 Å². The fourth-order valence-corrected chi connectivity index (χ4v) is 0.877. The molecular weight excluding hydrogens is 194 g/mol. The largest absolute Gasteiger partial charge is 0.460 e. The molecule has 0 spiro atoms. The highest BCUT2D eigenvalue weighted by Crippen LogP contribution is 2.12. The first-order valence-electron chi connectivity index (χ1n) is 4.88. The summed E-state index contributed by atoms with van der Waals surface area (Å²) in [5, 5.41) is 0. The van der Waals surface area contributed by atoms with Gasteiger partial charge in [0.25, 0.3) is 0 Å². The average Bonchev–Trinajstić information content (AvgIpc) is 2.16. The number of hydrogen-bond acceptors (Lipinski definition) is 6. The Morgan fingerprint density at radius 3 is 2.53 bits per heavy atom. The average molecular weight is 211 g/mol. The molecule has 0 aromatic carbocycles. The summed E-state index contributed by atoms with van der Waals surface area (Å²) in [6, 6.07) is 0.278. The zero-order chi connectivity index (χ0) is 11.4. The van der Waals surface area contributed by atoms with Crippen LogP contribution in [0.3, 0.4) is 0 Å². The van der Waals surface area contributed by atoms with Crippen molar-refractivity contribution in [2.75, 3.05) is 24.7 Å². The van der Waals surface area contributed by atoms with Crippen molar-refractivity contribution in [2.24, 2.45) is 0 Å². The van der Waals surface area contributed by atoms with Gasteiger partial charge in [0.1, 0.15) is 0 Å². The summed E-state index contributed by atoms with van der Waals surface area (Å²) in [6.07, 6.45) is 0.963. The van der Waals surface area contributed by atoms with Gasteiger partial charge in [-0.3, -0.25) is 0 Å². The van der Waals surface area contributed by atoms with Crippen LogP contribution in [0.2, 0.25) is 0 Å². The molecule has 0 aliphatic heterocycles. The molecule has 1 aromatic rings. The summed E-state index contributed by atoms with van der Waals surface area (Å²) in [6.45, 7) is 3.98. The van der Waals surface area contributed by atoms with Gasteiger partial charge < -0.3 is 15.4 Å². The molecule has 2 N–H and O–H groups in total. The third kappa shape index (κ3) is 3.23. The van der Waals surface area contributed by atoms with Gasteiger partial charge in [-0.1, -0.05) is 6.92 Å². The standard InChI is InChI=1S/C9H17N5O/c1-5-6(2)15-9-12-7(10)11-8(13-9)14(3)4/h6H,5H2,1-4H3,(H2,10,11,12,13). The molecule has 1 atom stereocenters. The molecular formula is C9H17N5O. The Kier molecular flexibility index (Phi) is 3.65. The summed E-state index contributed by atoms with van der Waals surface area (Å²) < 4.78 is 5.47. The highest BCUT2D eigenvalue weighted by Gasteiger charge is 2.09. The van der Waals surface area contributed by atoms with Gasteiger partial charge in [0.2, 0.25) is 11.9 Å². The lowest BCUT2D eigenvalue weighted by Gasteiger charge is -2.14. The van der Waals surface area contributed by atoms with Crippen molar-refractivity contribution in [3.63, 3.8) is 0 Å². The third-order valence-electron chi connectivity index (χ3n) is 1.90. The zero-order valence-electron chi connectivity index (χ0n) is 9.56. The van der Waals surface area contributed by atoms with E-state index in [1.807, 2.05) is 27.9 Å². The SMILES string of the molecule is CCC(C)Oc1nc(N)nc(N(C)C)n1. The van der Waals surface area contributed by atoms with Gasteiger partial charge in [0.05, 0.1) is 6.10 Å². The number of hydrogen-bond donors (Lipinski definition) is 1. The van der Waals surface area contributed by atoms with E-state index in [1.54, 1.807) is 4.90 Å². The van der Waals surface area contributed by atoms with Crippen molar-refractivity contribution in [1.82, 2.24) is 15.0 Å². The molecule has 84 valence electrons. The molecule has 6 heteroatoms. The number of anilines is 2. The normalized spacial score (nSPS) is 12.3. The van der Waals surface area contributed by atoms with Gasteiger partial charge in [-0.25, -0.2) is 0 Å². The van der Waals surface area contributed by atoms with Crippen LogP contribution in [0.25, 0.3) is 0 Å². The summed E-state index contributed by atoms with van der Waals surface area (Å²) in [5.74, 6) is 0.674. The minimum absolute atomic E-state index is 0.0711. The van der Waals surface area contributed by atoms with Crippen LogP contribution in [0, 0.1) is 0 Å². The van der Waals surface area contributed by atoms with Crippen LogP contribution in [0.1, 0.15) is 20.3 Å². The molecule has 1 unspecified atom stereocenters. The molecule has 0 aliphatic carbocycles. The van der Waals surface area contributed by atoms with Crippen molar-refractivity contribution in [2.45, 2.75) is 26.4 Å². The quantitative estimate of drug-likeness (QED) is 0.789. The molecule has 0 saturated heterocycles. The van der Waals surface area contributed by atoms with E-state index < -0.39 is 0 Å². The fourth-order valence-electron chi connectivity index (χ4n) is 0.877. The monoisotopic (exact) mass is 211 g/mol. The number of nitrogen functional groups attached to an aromatic ring is 1. The highest BCUT2D eigenvalue weighted by atomic mass is 16.5. The van der Waals surface area contributed by atoms with Crippen molar-refractivity contribution in [3.8, 4) is 6.01 Å². The second-order valence-electron chi connectivity index (χ2n) is 3.51. The molecule has 0 saturated carbocycles. The Balaban J connectivity index is 2.88.